The average Bonchev–Trinajstić information content (AvgIpc) is 2.93. The van der Waals surface area contributed by atoms with Gasteiger partial charge in [-0.25, -0.2) is 0 Å². The molecule has 0 saturated carbocycles. The van der Waals surface area contributed by atoms with E-state index in [1.54, 1.807) is 32.2 Å². The predicted octanol–water partition coefficient (Wildman–Crippen LogP) is 3.26. The standard InChI is InChI=1S/C21H22IN3O4S/c1-24-20(27)16(11-19(26)23-15-7-5-14(22)6-8-15)25(21(24)30)12-13-4-9-17(28-2)18(10-13)29-3/h4-10,16H,11-12H2,1-3H3,(H,23,26). The second-order valence-electron chi connectivity index (χ2n) is 6.77. The van der Waals surface area contributed by atoms with Gasteiger partial charge in [-0.2, -0.15) is 0 Å². The van der Waals surface area contributed by atoms with E-state index >= 15 is 0 Å². The van der Waals surface area contributed by atoms with Crippen LogP contribution in [0.4, 0.5) is 5.69 Å². The lowest BCUT2D eigenvalue weighted by molar-refractivity contribution is -0.130. The molecule has 1 saturated heterocycles. The van der Waals surface area contributed by atoms with E-state index in [0.29, 0.717) is 28.8 Å². The number of amides is 2. The number of methoxy groups -OCH3 is 2. The van der Waals surface area contributed by atoms with Gasteiger partial charge in [0, 0.05) is 22.8 Å². The fourth-order valence-electron chi connectivity index (χ4n) is 3.25. The lowest BCUT2D eigenvalue weighted by atomic mass is 10.1. The molecule has 2 amide bonds. The van der Waals surface area contributed by atoms with E-state index in [4.69, 9.17) is 21.7 Å². The zero-order valence-electron chi connectivity index (χ0n) is 16.8. The van der Waals surface area contributed by atoms with Crippen LogP contribution in [0.25, 0.3) is 0 Å². The maximum absolute atomic E-state index is 12.7. The molecule has 1 heterocycles. The summed E-state index contributed by atoms with van der Waals surface area (Å²) >= 11 is 7.66. The van der Waals surface area contributed by atoms with Crippen LogP contribution in [0, 0.1) is 3.57 Å². The van der Waals surface area contributed by atoms with Crippen molar-refractivity contribution in [1.29, 1.82) is 0 Å². The van der Waals surface area contributed by atoms with Crippen LogP contribution in [-0.2, 0) is 16.1 Å². The van der Waals surface area contributed by atoms with Crippen LogP contribution in [0.3, 0.4) is 0 Å². The number of carbonyl (C=O) groups is 2. The first-order valence-electron chi connectivity index (χ1n) is 9.18. The van der Waals surface area contributed by atoms with Crippen LogP contribution in [0.15, 0.2) is 42.5 Å². The van der Waals surface area contributed by atoms with Crippen molar-refractivity contribution in [2.75, 3.05) is 26.6 Å². The minimum atomic E-state index is -0.667. The van der Waals surface area contributed by atoms with Crippen LogP contribution in [0.2, 0.25) is 0 Å². The van der Waals surface area contributed by atoms with Crippen molar-refractivity contribution < 1.29 is 19.1 Å². The molecule has 0 spiro atoms. The number of ether oxygens (including phenoxy) is 2. The van der Waals surface area contributed by atoms with E-state index in [9.17, 15) is 9.59 Å². The first kappa shape index (κ1) is 22.3. The van der Waals surface area contributed by atoms with Crippen LogP contribution in [-0.4, -0.2) is 54.0 Å². The molecule has 0 aromatic heterocycles. The third-order valence-corrected chi connectivity index (χ3v) is 6.06. The highest BCUT2D eigenvalue weighted by Crippen LogP contribution is 2.30. The van der Waals surface area contributed by atoms with Gasteiger partial charge in [0.15, 0.2) is 16.6 Å². The van der Waals surface area contributed by atoms with Gasteiger partial charge in [0.05, 0.1) is 20.6 Å². The molecule has 1 fully saturated rings. The molecule has 30 heavy (non-hydrogen) atoms. The van der Waals surface area contributed by atoms with E-state index in [2.05, 4.69) is 27.9 Å². The third kappa shape index (κ3) is 4.84. The summed E-state index contributed by atoms with van der Waals surface area (Å²) in [6, 6.07) is 12.3. The van der Waals surface area contributed by atoms with E-state index in [0.717, 1.165) is 9.13 Å². The van der Waals surface area contributed by atoms with Crippen molar-refractivity contribution in [3.05, 3.63) is 51.6 Å². The second-order valence-corrected chi connectivity index (χ2v) is 8.38. The Morgan fingerprint density at radius 2 is 1.80 bits per heavy atom. The highest BCUT2D eigenvalue weighted by molar-refractivity contribution is 14.1. The van der Waals surface area contributed by atoms with Crippen molar-refractivity contribution >= 4 is 57.4 Å². The summed E-state index contributed by atoms with van der Waals surface area (Å²) in [5, 5.41) is 3.24. The molecule has 1 atom stereocenters. The maximum atomic E-state index is 12.7. The van der Waals surface area contributed by atoms with E-state index < -0.39 is 6.04 Å². The molecule has 7 nitrogen and oxygen atoms in total. The number of benzene rings is 2. The van der Waals surface area contributed by atoms with Gasteiger partial charge >= 0.3 is 0 Å². The number of hydrogen-bond acceptors (Lipinski definition) is 5. The molecular formula is C21H22IN3O4S. The number of nitrogens with zero attached hydrogens (tertiary/aromatic N) is 2. The molecule has 0 aliphatic carbocycles. The van der Waals surface area contributed by atoms with Gasteiger partial charge in [-0.1, -0.05) is 6.07 Å². The number of nitrogens with one attached hydrogen (secondary N) is 1. The summed E-state index contributed by atoms with van der Waals surface area (Å²) < 4.78 is 11.7. The highest BCUT2D eigenvalue weighted by atomic mass is 127. The Balaban J connectivity index is 1.76. The van der Waals surface area contributed by atoms with Gasteiger partial charge in [-0.05, 0) is 76.8 Å². The predicted molar refractivity (Wildman–Crippen MR) is 127 cm³/mol. The molecule has 1 unspecified atom stereocenters. The van der Waals surface area contributed by atoms with Crippen molar-refractivity contribution in [1.82, 2.24) is 9.80 Å². The SMILES string of the molecule is COc1ccc(CN2C(=S)N(C)C(=O)C2CC(=O)Nc2ccc(I)cc2)cc1OC. The summed E-state index contributed by atoms with van der Waals surface area (Å²) in [5.41, 5.74) is 1.58. The van der Waals surface area contributed by atoms with Crippen LogP contribution >= 0.6 is 34.8 Å². The fraction of sp³-hybridized carbons (Fsp3) is 0.286. The summed E-state index contributed by atoms with van der Waals surface area (Å²) in [7, 11) is 4.77. The first-order valence-corrected chi connectivity index (χ1v) is 10.7. The van der Waals surface area contributed by atoms with E-state index in [1.165, 1.54) is 4.90 Å². The highest BCUT2D eigenvalue weighted by Gasteiger charge is 2.41. The summed E-state index contributed by atoms with van der Waals surface area (Å²) in [5.74, 6) is 0.767. The summed E-state index contributed by atoms with van der Waals surface area (Å²) in [4.78, 5) is 28.5. The minimum absolute atomic E-state index is 0.00257. The second kappa shape index (κ2) is 9.61. The van der Waals surface area contributed by atoms with Crippen molar-refractivity contribution in [3.8, 4) is 11.5 Å². The normalized spacial score (nSPS) is 16.1. The van der Waals surface area contributed by atoms with Crippen molar-refractivity contribution in [2.24, 2.45) is 0 Å². The molecule has 1 aliphatic rings. The number of thiocarbonyl (C=S) groups is 1. The van der Waals surface area contributed by atoms with Crippen molar-refractivity contribution in [3.63, 3.8) is 0 Å². The molecule has 0 bridgehead atoms. The van der Waals surface area contributed by atoms with Gasteiger partial charge in [-0.15, -0.1) is 0 Å². The number of rotatable bonds is 7. The number of likely N-dealkylation sites (N-methyl/N-ethyl adjacent to an activating group) is 1. The van der Waals surface area contributed by atoms with Gasteiger partial charge in [0.2, 0.25) is 5.91 Å². The number of halogens is 1. The molecule has 1 aliphatic heterocycles. The molecule has 2 aromatic carbocycles. The van der Waals surface area contributed by atoms with Gasteiger partial charge in [0.1, 0.15) is 6.04 Å². The maximum Gasteiger partial charge on any atom is 0.251 e. The van der Waals surface area contributed by atoms with Gasteiger partial charge in [0.25, 0.3) is 5.91 Å². The number of carbonyl (C=O) groups excluding carboxylic acids is 2. The Bertz CT molecular complexity index is 967. The smallest absolute Gasteiger partial charge is 0.251 e. The van der Waals surface area contributed by atoms with Gasteiger partial charge in [-0.3, -0.25) is 14.5 Å². The Kier molecular flexibility index (Phi) is 7.14. The molecule has 0 radical (unpaired) electrons. The molecule has 9 heteroatoms. The van der Waals surface area contributed by atoms with Crippen molar-refractivity contribution in [2.45, 2.75) is 19.0 Å². The quantitative estimate of drug-likeness (QED) is 0.431. The van der Waals surface area contributed by atoms with E-state index in [1.807, 2.05) is 36.4 Å². The molecule has 3 rings (SSSR count). The number of hydrogen-bond donors (Lipinski definition) is 1. The summed E-state index contributed by atoms with van der Waals surface area (Å²) in [6.45, 7) is 0.372. The lowest BCUT2D eigenvalue weighted by Crippen LogP contribution is -2.37. The average molecular weight is 539 g/mol. The first-order chi connectivity index (χ1) is 14.3. The monoisotopic (exact) mass is 539 g/mol. The van der Waals surface area contributed by atoms with E-state index in [-0.39, 0.29) is 18.2 Å². The Morgan fingerprint density at radius 1 is 1.13 bits per heavy atom. The van der Waals surface area contributed by atoms with Crippen LogP contribution < -0.4 is 14.8 Å². The Labute approximate surface area is 194 Å². The Morgan fingerprint density at radius 3 is 2.43 bits per heavy atom. The Hall–Kier alpha value is -2.40. The third-order valence-electron chi connectivity index (χ3n) is 4.83. The fourth-order valence-corrected chi connectivity index (χ4v) is 3.89. The lowest BCUT2D eigenvalue weighted by Gasteiger charge is -2.24. The molecule has 1 N–H and O–H groups in total. The summed E-state index contributed by atoms with van der Waals surface area (Å²) in [6.07, 6.45) is 0.00257. The van der Waals surface area contributed by atoms with Crippen LogP contribution in [0.5, 0.6) is 11.5 Å². The molecular weight excluding hydrogens is 517 g/mol. The molecule has 158 valence electrons. The van der Waals surface area contributed by atoms with Crippen LogP contribution in [0.1, 0.15) is 12.0 Å². The minimum Gasteiger partial charge on any atom is -0.493 e. The molecule has 2 aromatic rings. The number of anilines is 1. The zero-order valence-corrected chi connectivity index (χ0v) is 19.8. The zero-order chi connectivity index (χ0) is 21.8. The topological polar surface area (TPSA) is 71.1 Å². The van der Waals surface area contributed by atoms with Gasteiger partial charge < -0.3 is 19.7 Å². The largest absolute Gasteiger partial charge is 0.493 e.